The maximum absolute atomic E-state index is 4.46. The lowest BCUT2D eigenvalue weighted by molar-refractivity contribution is 1.11. The number of benzene rings is 1. The van der Waals surface area contributed by atoms with Gasteiger partial charge < -0.3 is 0 Å². The van der Waals surface area contributed by atoms with E-state index in [0.29, 0.717) is 0 Å². The van der Waals surface area contributed by atoms with Gasteiger partial charge in [0, 0.05) is 18.3 Å². The Morgan fingerprint density at radius 2 is 1.88 bits per heavy atom. The number of aromatic nitrogens is 1. The van der Waals surface area contributed by atoms with Crippen molar-refractivity contribution in [3.8, 4) is 11.1 Å². The molecule has 0 saturated heterocycles. The van der Waals surface area contributed by atoms with Gasteiger partial charge in [-0.25, -0.2) is 0 Å². The molecular weight excluding hydrogens is 194 g/mol. The van der Waals surface area contributed by atoms with Crippen LogP contribution in [0.25, 0.3) is 11.1 Å². The predicted molar refractivity (Wildman–Crippen MR) is 66.7 cm³/mol. The molecule has 1 aliphatic rings. The third-order valence-electron chi connectivity index (χ3n) is 3.57. The monoisotopic (exact) mass is 209 g/mol. The van der Waals surface area contributed by atoms with Gasteiger partial charge in [-0.3, -0.25) is 4.98 Å². The fourth-order valence-corrected chi connectivity index (χ4v) is 2.55. The first-order valence-corrected chi connectivity index (χ1v) is 5.72. The highest BCUT2D eigenvalue weighted by Gasteiger charge is 2.21. The molecule has 0 spiro atoms. The van der Waals surface area contributed by atoms with E-state index < -0.39 is 0 Å². The molecule has 1 heterocycles. The lowest BCUT2D eigenvalue weighted by Gasteiger charge is -2.08. The Morgan fingerprint density at radius 1 is 1.06 bits per heavy atom. The molecule has 0 saturated carbocycles. The van der Waals surface area contributed by atoms with Crippen molar-refractivity contribution in [2.75, 3.05) is 0 Å². The molecule has 0 radical (unpaired) electrons. The van der Waals surface area contributed by atoms with E-state index in [1.54, 1.807) is 0 Å². The highest BCUT2D eigenvalue weighted by molar-refractivity contribution is 5.79. The topological polar surface area (TPSA) is 12.9 Å². The summed E-state index contributed by atoms with van der Waals surface area (Å²) < 4.78 is 0. The van der Waals surface area contributed by atoms with Crippen LogP contribution in [0.3, 0.4) is 0 Å². The van der Waals surface area contributed by atoms with Crippen LogP contribution in [-0.2, 0) is 6.42 Å². The maximum Gasteiger partial charge on any atom is 0.0408 e. The van der Waals surface area contributed by atoms with E-state index in [1.807, 2.05) is 6.20 Å². The number of hydrogen-bond donors (Lipinski definition) is 0. The van der Waals surface area contributed by atoms with Crippen LogP contribution < -0.4 is 0 Å². The summed E-state index contributed by atoms with van der Waals surface area (Å²) in [6.45, 7) is 6.42. The Balaban J connectivity index is 2.34. The fourth-order valence-electron chi connectivity index (χ4n) is 2.55. The number of hydrogen-bond acceptors (Lipinski definition) is 1. The lowest BCUT2D eigenvalue weighted by Crippen LogP contribution is -1.92. The molecule has 0 amide bonds. The highest BCUT2D eigenvalue weighted by Crippen LogP contribution is 2.39. The lowest BCUT2D eigenvalue weighted by atomic mass is 9.99. The van der Waals surface area contributed by atoms with E-state index in [4.69, 9.17) is 0 Å². The molecule has 0 N–H and O–H groups in total. The zero-order valence-electron chi connectivity index (χ0n) is 9.96. The average Bonchev–Trinajstić information content (AvgIpc) is 2.62. The van der Waals surface area contributed by atoms with Crippen LogP contribution in [0.1, 0.15) is 27.9 Å². The largest absolute Gasteiger partial charge is 0.261 e. The molecule has 80 valence electrons. The highest BCUT2D eigenvalue weighted by atomic mass is 14.7. The standard InChI is InChI=1S/C15H15N/c1-9-4-5-12-7-13-8-16-11(3)10(2)15(13)14(12)6-9/h4-6,8H,7H2,1-3H3. The molecule has 3 rings (SSSR count). The van der Waals surface area contributed by atoms with Gasteiger partial charge in [-0.2, -0.15) is 0 Å². The van der Waals surface area contributed by atoms with E-state index in [2.05, 4.69) is 44.0 Å². The van der Waals surface area contributed by atoms with E-state index in [-0.39, 0.29) is 0 Å². The van der Waals surface area contributed by atoms with Gasteiger partial charge in [-0.15, -0.1) is 0 Å². The van der Waals surface area contributed by atoms with Gasteiger partial charge in [0.15, 0.2) is 0 Å². The smallest absolute Gasteiger partial charge is 0.0408 e. The molecule has 0 bridgehead atoms. The molecule has 0 aliphatic heterocycles. The third-order valence-corrected chi connectivity index (χ3v) is 3.57. The minimum atomic E-state index is 1.04. The van der Waals surface area contributed by atoms with Crippen LogP contribution in [0.5, 0.6) is 0 Å². The van der Waals surface area contributed by atoms with E-state index in [0.717, 1.165) is 12.1 Å². The fraction of sp³-hybridized carbons (Fsp3) is 0.267. The van der Waals surface area contributed by atoms with Gasteiger partial charge in [0.25, 0.3) is 0 Å². The van der Waals surface area contributed by atoms with Crippen LogP contribution in [0, 0.1) is 20.8 Å². The van der Waals surface area contributed by atoms with Crippen LogP contribution in [0.15, 0.2) is 24.4 Å². The van der Waals surface area contributed by atoms with E-state index in [9.17, 15) is 0 Å². The third kappa shape index (κ3) is 1.21. The quantitative estimate of drug-likeness (QED) is 0.551. The Bertz CT molecular complexity index is 582. The van der Waals surface area contributed by atoms with Crippen molar-refractivity contribution in [3.63, 3.8) is 0 Å². The second-order valence-corrected chi connectivity index (χ2v) is 4.71. The number of aryl methyl sites for hydroxylation is 2. The number of rotatable bonds is 0. The van der Waals surface area contributed by atoms with E-state index >= 15 is 0 Å². The maximum atomic E-state index is 4.46. The zero-order chi connectivity index (χ0) is 11.3. The Hall–Kier alpha value is -1.63. The van der Waals surface area contributed by atoms with Crippen LogP contribution in [0.4, 0.5) is 0 Å². The van der Waals surface area contributed by atoms with Crippen molar-refractivity contribution in [1.82, 2.24) is 4.98 Å². The molecule has 2 aromatic rings. The molecule has 1 aliphatic carbocycles. The van der Waals surface area contributed by atoms with Crippen LogP contribution in [0.2, 0.25) is 0 Å². The molecule has 1 nitrogen and oxygen atoms in total. The summed E-state index contributed by atoms with van der Waals surface area (Å²) in [4.78, 5) is 4.46. The van der Waals surface area contributed by atoms with Crippen molar-refractivity contribution in [2.24, 2.45) is 0 Å². The van der Waals surface area contributed by atoms with Gasteiger partial charge in [0.1, 0.15) is 0 Å². The molecule has 1 aromatic heterocycles. The molecular formula is C15H15N. The summed E-state index contributed by atoms with van der Waals surface area (Å²) >= 11 is 0. The van der Waals surface area contributed by atoms with Crippen molar-refractivity contribution in [3.05, 3.63) is 52.3 Å². The summed E-state index contributed by atoms with van der Waals surface area (Å²) in [6, 6.07) is 6.74. The molecule has 0 fully saturated rings. The predicted octanol–water partition coefficient (Wildman–Crippen LogP) is 3.58. The van der Waals surface area contributed by atoms with Crippen molar-refractivity contribution >= 4 is 0 Å². The first kappa shape index (κ1) is 9.59. The Morgan fingerprint density at radius 3 is 2.69 bits per heavy atom. The Labute approximate surface area is 96.2 Å². The summed E-state index contributed by atoms with van der Waals surface area (Å²) in [5, 5.41) is 0. The molecule has 16 heavy (non-hydrogen) atoms. The average molecular weight is 209 g/mol. The Kier molecular flexibility index (Phi) is 1.90. The summed E-state index contributed by atoms with van der Waals surface area (Å²) in [5.41, 5.74) is 9.47. The minimum Gasteiger partial charge on any atom is -0.261 e. The number of nitrogens with zero attached hydrogens (tertiary/aromatic N) is 1. The van der Waals surface area contributed by atoms with Crippen LogP contribution in [-0.4, -0.2) is 4.98 Å². The minimum absolute atomic E-state index is 1.04. The number of fused-ring (bicyclic) bond motifs is 3. The van der Waals surface area contributed by atoms with Gasteiger partial charge in [0.2, 0.25) is 0 Å². The van der Waals surface area contributed by atoms with Gasteiger partial charge in [-0.05, 0) is 48.6 Å². The van der Waals surface area contributed by atoms with Crippen molar-refractivity contribution < 1.29 is 0 Å². The number of pyridine rings is 1. The molecule has 0 atom stereocenters. The second-order valence-electron chi connectivity index (χ2n) is 4.71. The normalized spacial score (nSPS) is 12.4. The van der Waals surface area contributed by atoms with Crippen molar-refractivity contribution in [1.29, 1.82) is 0 Å². The molecule has 0 unspecified atom stereocenters. The summed E-state index contributed by atoms with van der Waals surface area (Å²) in [6.07, 6.45) is 3.08. The molecule has 1 aromatic carbocycles. The summed E-state index contributed by atoms with van der Waals surface area (Å²) in [5.74, 6) is 0. The first-order valence-electron chi connectivity index (χ1n) is 5.72. The van der Waals surface area contributed by atoms with Crippen molar-refractivity contribution in [2.45, 2.75) is 27.2 Å². The molecule has 1 heteroatoms. The zero-order valence-corrected chi connectivity index (χ0v) is 9.96. The second kappa shape index (κ2) is 3.18. The van der Waals surface area contributed by atoms with Crippen LogP contribution >= 0.6 is 0 Å². The summed E-state index contributed by atoms with van der Waals surface area (Å²) in [7, 11) is 0. The SMILES string of the molecule is Cc1ccc2c(c1)-c1c(cnc(C)c1C)C2. The van der Waals surface area contributed by atoms with Gasteiger partial charge in [0.05, 0.1) is 0 Å². The van der Waals surface area contributed by atoms with Gasteiger partial charge >= 0.3 is 0 Å². The first-order chi connectivity index (χ1) is 7.66. The van der Waals surface area contributed by atoms with Gasteiger partial charge in [-0.1, -0.05) is 23.8 Å². The van der Waals surface area contributed by atoms with E-state index in [1.165, 1.54) is 33.4 Å².